The molecule has 0 aliphatic heterocycles. The molecule has 0 aromatic carbocycles. The van der Waals surface area contributed by atoms with Crippen LogP contribution in [0.4, 0.5) is 0 Å². The second-order valence-corrected chi connectivity index (χ2v) is 2.56. The van der Waals surface area contributed by atoms with Gasteiger partial charge in [0, 0.05) is 5.38 Å². The minimum Gasteiger partial charge on any atom is -0.476 e. The number of ether oxygens (including phenoxy) is 1. The van der Waals surface area contributed by atoms with Gasteiger partial charge in [0.1, 0.15) is 0 Å². The highest BCUT2D eigenvalue weighted by atomic mass is 32.1. The lowest BCUT2D eigenvalue weighted by atomic mass is 10.5. The molecule has 0 amide bonds. The number of carboxylic acids is 1. The monoisotopic (exact) mass is 173 g/mol. The number of aromatic carboxylic acids is 1. The maximum absolute atomic E-state index is 10.3. The van der Waals surface area contributed by atoms with Gasteiger partial charge in [0.25, 0.3) is 5.19 Å². The van der Waals surface area contributed by atoms with Gasteiger partial charge in [0.05, 0.1) is 6.61 Å². The van der Waals surface area contributed by atoms with E-state index in [1.54, 1.807) is 0 Å². The van der Waals surface area contributed by atoms with Gasteiger partial charge < -0.3 is 9.84 Å². The van der Waals surface area contributed by atoms with Crippen LogP contribution in [-0.4, -0.2) is 22.7 Å². The molecule has 1 aromatic rings. The topological polar surface area (TPSA) is 59.4 Å². The molecule has 0 fully saturated rings. The van der Waals surface area contributed by atoms with E-state index in [1.165, 1.54) is 16.7 Å². The normalized spacial score (nSPS) is 9.55. The molecular weight excluding hydrogens is 166 g/mol. The predicted molar refractivity (Wildman–Crippen MR) is 40.2 cm³/mol. The Hall–Kier alpha value is -1.10. The molecule has 1 aromatic heterocycles. The third-order valence-corrected chi connectivity index (χ3v) is 1.72. The second kappa shape index (κ2) is 3.34. The van der Waals surface area contributed by atoms with Crippen LogP contribution in [0.5, 0.6) is 5.19 Å². The molecule has 0 spiro atoms. The minimum absolute atomic E-state index is 0.0402. The van der Waals surface area contributed by atoms with Crippen molar-refractivity contribution >= 4 is 17.3 Å². The molecule has 1 rings (SSSR count). The Labute approximate surface area is 67.5 Å². The van der Waals surface area contributed by atoms with E-state index in [0.29, 0.717) is 11.8 Å². The maximum atomic E-state index is 10.3. The highest BCUT2D eigenvalue weighted by Gasteiger charge is 2.07. The molecule has 0 saturated carbocycles. The van der Waals surface area contributed by atoms with Gasteiger partial charge >= 0.3 is 5.97 Å². The van der Waals surface area contributed by atoms with Crippen LogP contribution in [0.15, 0.2) is 5.38 Å². The first-order valence-corrected chi connectivity index (χ1v) is 3.93. The molecule has 0 aliphatic rings. The number of rotatable bonds is 3. The number of thiazole rings is 1. The van der Waals surface area contributed by atoms with Crippen molar-refractivity contribution in [2.24, 2.45) is 0 Å². The zero-order chi connectivity index (χ0) is 8.27. The van der Waals surface area contributed by atoms with Crippen molar-refractivity contribution in [1.82, 2.24) is 4.98 Å². The first-order chi connectivity index (χ1) is 5.24. The van der Waals surface area contributed by atoms with Crippen molar-refractivity contribution in [3.63, 3.8) is 0 Å². The van der Waals surface area contributed by atoms with E-state index in [9.17, 15) is 4.79 Å². The largest absolute Gasteiger partial charge is 0.476 e. The number of hydrogen-bond donors (Lipinski definition) is 1. The van der Waals surface area contributed by atoms with Crippen molar-refractivity contribution in [2.45, 2.75) is 6.92 Å². The third kappa shape index (κ3) is 1.91. The molecule has 0 atom stereocenters. The lowest BCUT2D eigenvalue weighted by Crippen LogP contribution is -1.97. The number of nitrogens with zero attached hydrogens (tertiary/aromatic N) is 1. The summed E-state index contributed by atoms with van der Waals surface area (Å²) in [6.45, 7) is 2.33. The molecule has 1 heterocycles. The molecule has 0 radical (unpaired) electrons. The number of carboxylic acid groups (broad SMARTS) is 1. The van der Waals surface area contributed by atoms with Crippen LogP contribution in [0.2, 0.25) is 0 Å². The lowest BCUT2D eigenvalue weighted by Gasteiger charge is -1.92. The van der Waals surface area contributed by atoms with Gasteiger partial charge in [0.15, 0.2) is 5.69 Å². The Balaban J connectivity index is 2.73. The second-order valence-electron chi connectivity index (χ2n) is 1.74. The standard InChI is InChI=1S/C6H7NO3S/c1-2-10-6-7-4(3-11-6)5(8)9/h3H,2H2,1H3,(H,8,9). The van der Waals surface area contributed by atoms with Crippen molar-refractivity contribution in [3.05, 3.63) is 11.1 Å². The van der Waals surface area contributed by atoms with E-state index in [2.05, 4.69) is 4.98 Å². The van der Waals surface area contributed by atoms with Gasteiger partial charge in [0.2, 0.25) is 0 Å². The number of aromatic nitrogens is 1. The van der Waals surface area contributed by atoms with Crippen LogP contribution in [0, 0.1) is 0 Å². The number of hydrogen-bond acceptors (Lipinski definition) is 4. The van der Waals surface area contributed by atoms with Gasteiger partial charge in [-0.15, -0.1) is 0 Å². The highest BCUT2D eigenvalue weighted by Crippen LogP contribution is 2.17. The molecule has 4 nitrogen and oxygen atoms in total. The van der Waals surface area contributed by atoms with Crippen molar-refractivity contribution in [1.29, 1.82) is 0 Å². The molecule has 0 unspecified atom stereocenters. The van der Waals surface area contributed by atoms with Gasteiger partial charge in [-0.3, -0.25) is 0 Å². The average molecular weight is 173 g/mol. The van der Waals surface area contributed by atoms with Crippen LogP contribution in [0.1, 0.15) is 17.4 Å². The number of carbonyl (C=O) groups is 1. The molecule has 0 aliphatic carbocycles. The van der Waals surface area contributed by atoms with Gasteiger partial charge in [-0.25, -0.2) is 4.79 Å². The van der Waals surface area contributed by atoms with Crippen molar-refractivity contribution < 1.29 is 14.6 Å². The van der Waals surface area contributed by atoms with Crippen LogP contribution in [-0.2, 0) is 0 Å². The first-order valence-electron chi connectivity index (χ1n) is 3.05. The molecule has 11 heavy (non-hydrogen) atoms. The van der Waals surface area contributed by atoms with Gasteiger partial charge in [-0.2, -0.15) is 4.98 Å². The highest BCUT2D eigenvalue weighted by molar-refractivity contribution is 7.11. The summed E-state index contributed by atoms with van der Waals surface area (Å²) < 4.78 is 4.98. The van der Waals surface area contributed by atoms with E-state index in [4.69, 9.17) is 9.84 Å². The Morgan fingerprint density at radius 1 is 1.91 bits per heavy atom. The molecule has 60 valence electrons. The smallest absolute Gasteiger partial charge is 0.355 e. The molecule has 1 N–H and O–H groups in total. The summed E-state index contributed by atoms with van der Waals surface area (Å²) in [5, 5.41) is 10.3. The quantitative estimate of drug-likeness (QED) is 0.747. The Kier molecular flexibility index (Phi) is 2.43. The fraction of sp³-hybridized carbons (Fsp3) is 0.333. The summed E-state index contributed by atoms with van der Waals surface area (Å²) in [6.07, 6.45) is 0. The van der Waals surface area contributed by atoms with Crippen molar-refractivity contribution in [3.8, 4) is 5.19 Å². The zero-order valence-corrected chi connectivity index (χ0v) is 6.72. The summed E-state index contributed by atoms with van der Waals surface area (Å²) in [4.78, 5) is 14.0. The Morgan fingerprint density at radius 2 is 2.64 bits per heavy atom. The summed E-state index contributed by atoms with van der Waals surface area (Å²) in [5.41, 5.74) is 0.0402. The predicted octanol–water partition coefficient (Wildman–Crippen LogP) is 1.24. The molecule has 5 heteroatoms. The molecule has 0 saturated heterocycles. The Bertz CT molecular complexity index is 258. The third-order valence-electron chi connectivity index (χ3n) is 0.970. The van der Waals surface area contributed by atoms with E-state index in [0.717, 1.165) is 0 Å². The van der Waals surface area contributed by atoms with E-state index in [1.807, 2.05) is 6.92 Å². The molecular formula is C6H7NO3S. The first kappa shape index (κ1) is 8.00. The zero-order valence-electron chi connectivity index (χ0n) is 5.90. The van der Waals surface area contributed by atoms with Crippen LogP contribution in [0.3, 0.4) is 0 Å². The summed E-state index contributed by atoms with van der Waals surface area (Å²) >= 11 is 1.19. The fourth-order valence-corrected chi connectivity index (χ4v) is 1.25. The van der Waals surface area contributed by atoms with E-state index in [-0.39, 0.29) is 5.69 Å². The Morgan fingerprint density at radius 3 is 3.09 bits per heavy atom. The summed E-state index contributed by atoms with van der Waals surface area (Å²) in [6, 6.07) is 0. The van der Waals surface area contributed by atoms with Crippen molar-refractivity contribution in [2.75, 3.05) is 6.61 Å². The lowest BCUT2D eigenvalue weighted by molar-refractivity contribution is 0.0690. The van der Waals surface area contributed by atoms with Crippen LogP contribution < -0.4 is 4.74 Å². The van der Waals surface area contributed by atoms with Crippen LogP contribution >= 0.6 is 11.3 Å². The van der Waals surface area contributed by atoms with Gasteiger partial charge in [-0.05, 0) is 6.92 Å². The van der Waals surface area contributed by atoms with E-state index >= 15 is 0 Å². The molecule has 0 bridgehead atoms. The average Bonchev–Trinajstić information content (AvgIpc) is 2.37. The SMILES string of the molecule is CCOc1nc(C(=O)O)cs1. The summed E-state index contributed by atoms with van der Waals surface area (Å²) in [7, 11) is 0. The summed E-state index contributed by atoms with van der Waals surface area (Å²) in [5.74, 6) is -1.02. The van der Waals surface area contributed by atoms with Crippen LogP contribution in [0.25, 0.3) is 0 Å². The fourth-order valence-electron chi connectivity index (χ4n) is 0.545. The maximum Gasteiger partial charge on any atom is 0.355 e. The van der Waals surface area contributed by atoms with E-state index < -0.39 is 5.97 Å². The minimum atomic E-state index is -1.02. The van der Waals surface area contributed by atoms with Gasteiger partial charge in [-0.1, -0.05) is 11.3 Å².